The number of rotatable bonds is 5. The zero-order chi connectivity index (χ0) is 36.8. The van der Waals surface area contributed by atoms with Crippen molar-refractivity contribution >= 4 is 89.3 Å². The van der Waals surface area contributed by atoms with Crippen LogP contribution in [-0.4, -0.2) is 76.3 Å². The summed E-state index contributed by atoms with van der Waals surface area (Å²) in [5.74, 6) is -3.17. The molecule has 0 aliphatic carbocycles. The molecular weight excluding hydrogens is 1020 g/mol. The molecule has 3 aliphatic rings. The predicted molar refractivity (Wildman–Crippen MR) is 212 cm³/mol. The molecule has 1 aromatic heterocycles. The van der Waals surface area contributed by atoms with Crippen LogP contribution in [0.5, 0.6) is 0 Å². The summed E-state index contributed by atoms with van der Waals surface area (Å²) >= 11 is 7.39. The molecule has 4 rings (SSSR count). The fourth-order valence-corrected chi connectivity index (χ4v) is 6.54. The summed E-state index contributed by atoms with van der Waals surface area (Å²) in [6.45, 7) is 9.56. The van der Waals surface area contributed by atoms with Gasteiger partial charge in [0.15, 0.2) is 6.10 Å². The van der Waals surface area contributed by atoms with Gasteiger partial charge in [0, 0.05) is 37.7 Å². The van der Waals surface area contributed by atoms with E-state index in [1.54, 1.807) is 18.5 Å². The quantitative estimate of drug-likeness (QED) is 0.127. The van der Waals surface area contributed by atoms with Crippen LogP contribution in [0.25, 0.3) is 0 Å². The Morgan fingerprint density at radius 2 is 1.82 bits per heavy atom. The number of aryl methyl sites for hydroxylation is 1. The number of amides is 1. The molecule has 2 bridgehead atoms. The van der Waals surface area contributed by atoms with Gasteiger partial charge in [0.05, 0.1) is 6.61 Å². The van der Waals surface area contributed by atoms with Crippen molar-refractivity contribution in [3.8, 4) is 0 Å². The number of carbonyl (C=O) groups is 5. The number of nitrogens with zero attached hydrogens (tertiary/aromatic N) is 2. The van der Waals surface area contributed by atoms with Crippen LogP contribution in [0.1, 0.15) is 90.5 Å². The second-order valence-electron chi connectivity index (χ2n) is 13.3. The molecule has 0 aromatic carbocycles. The number of hydrogen-bond acceptors (Lipinski definition) is 9. The van der Waals surface area contributed by atoms with Gasteiger partial charge in [-0.05, 0) is 89.2 Å². The number of allylic oxidation sites excluding steroid dienone is 2. The van der Waals surface area contributed by atoms with E-state index in [0.29, 0.717) is 57.8 Å². The average Bonchev–Trinajstić information content (AvgIpc) is 3.50. The summed E-state index contributed by atoms with van der Waals surface area (Å²) in [5.41, 5.74) is 0.409. The topological polar surface area (TPSA) is 129 Å². The minimum absolute atomic E-state index is 0.0625. The van der Waals surface area contributed by atoms with Crippen molar-refractivity contribution in [2.75, 3.05) is 13.2 Å². The van der Waals surface area contributed by atoms with Gasteiger partial charge in [0.2, 0.25) is 0 Å². The molecule has 2 saturated heterocycles. The summed E-state index contributed by atoms with van der Waals surface area (Å²) in [6.07, 6.45) is 10.6. The molecule has 50 heavy (non-hydrogen) atoms. The van der Waals surface area contributed by atoms with Gasteiger partial charge < -0.3 is 19.1 Å². The molecule has 4 heterocycles. The molecule has 6 atom stereocenters. The van der Waals surface area contributed by atoms with E-state index in [4.69, 9.17) is 14.2 Å². The van der Waals surface area contributed by atoms with Crippen LogP contribution in [0.4, 0.5) is 0 Å². The fourth-order valence-electron chi connectivity index (χ4n) is 6.54. The molecular formula is C36H48I3N2O8V. The first-order valence-corrected chi connectivity index (χ1v) is 30.6. The molecule has 10 nitrogen and oxygen atoms in total. The van der Waals surface area contributed by atoms with Gasteiger partial charge in [-0.2, -0.15) is 0 Å². The zero-order valence-corrected chi connectivity index (χ0v) is 36.9. The SMILES string of the molecule is C=CCC1/C=C(\C)CCOC(=O)C2CC[C@@](C)(O2)C(=O)C(=O)N2CCCC[C@H]2C(=O)OC(CCc2cccnc2)C(C)CCC1=O.[I][V]([I])[I]. The van der Waals surface area contributed by atoms with Crippen molar-refractivity contribution in [2.45, 2.75) is 115 Å². The molecule has 0 radical (unpaired) electrons. The van der Waals surface area contributed by atoms with Crippen molar-refractivity contribution in [1.29, 1.82) is 0 Å². The van der Waals surface area contributed by atoms with Gasteiger partial charge in [0.1, 0.15) is 23.5 Å². The van der Waals surface area contributed by atoms with Gasteiger partial charge in [0.25, 0.3) is 11.7 Å². The van der Waals surface area contributed by atoms with E-state index in [2.05, 4.69) is 71.5 Å². The normalized spacial score (nSPS) is 30.1. The monoisotopic (exact) mass is 1070 g/mol. The van der Waals surface area contributed by atoms with Crippen molar-refractivity contribution < 1.29 is 43.1 Å². The van der Waals surface area contributed by atoms with Gasteiger partial charge in [-0.25, -0.2) is 9.59 Å². The molecule has 2 fully saturated rings. The number of ether oxygens (including phenoxy) is 3. The summed E-state index contributed by atoms with van der Waals surface area (Å²) < 4.78 is 17.5. The Hall–Kier alpha value is -0.886. The van der Waals surface area contributed by atoms with Crippen molar-refractivity contribution in [1.82, 2.24) is 9.88 Å². The number of cyclic esters (lactones) is 2. The Bertz CT molecular complexity index is 1380. The van der Waals surface area contributed by atoms with Gasteiger partial charge in [-0.15, -0.1) is 6.58 Å². The van der Waals surface area contributed by atoms with E-state index in [9.17, 15) is 24.0 Å². The standard InChI is InChI=1S/C36H48N2O8.3HI.V/c1-5-9-27-22-24(2)17-21-44-35(43)31-16-18-36(4,46-31)32(40)33(41)38-20-7-6-11-28(38)34(42)45-30(25(3)12-14-29(27)39)15-13-26-10-8-19-37-23-26;;;;/h5,8,10,19,22-23,25,27-28,30-31H,1,6-7,9,11-18,20-21H2,2-4H3;3*1H;/q;;;;+3/p-3/b24-22+;;;;/t25?,27?,28-,30?,31?,36+;;;;/m0..../s1. The number of halogens is 3. The summed E-state index contributed by atoms with van der Waals surface area (Å²) in [7, 11) is 0. The Labute approximate surface area is 333 Å². The van der Waals surface area contributed by atoms with E-state index in [0.717, 1.165) is 11.1 Å². The van der Waals surface area contributed by atoms with Crippen LogP contribution in [0.2, 0.25) is 0 Å². The van der Waals surface area contributed by atoms with E-state index >= 15 is 0 Å². The first kappa shape index (κ1) is 43.5. The Morgan fingerprint density at radius 1 is 1.08 bits per heavy atom. The molecule has 0 spiro atoms. The number of aromatic nitrogens is 1. The average molecular weight is 1070 g/mol. The fraction of sp³-hybridized carbons (Fsp3) is 0.611. The molecule has 0 saturated carbocycles. The van der Waals surface area contributed by atoms with Crippen LogP contribution in [0.3, 0.4) is 0 Å². The summed E-state index contributed by atoms with van der Waals surface area (Å²) in [5, 5.41) is 0. The number of fused-ring (bicyclic) bond motifs is 3. The first-order valence-electron chi connectivity index (χ1n) is 17.1. The third-order valence-electron chi connectivity index (χ3n) is 9.51. The van der Waals surface area contributed by atoms with Crippen LogP contribution in [0, 0.1) is 11.8 Å². The van der Waals surface area contributed by atoms with Crippen LogP contribution in [-0.2, 0) is 49.5 Å². The van der Waals surface area contributed by atoms with Gasteiger partial charge in [-0.3, -0.25) is 19.4 Å². The third kappa shape index (κ3) is 13.5. The van der Waals surface area contributed by atoms with Gasteiger partial charge >= 0.3 is 76.8 Å². The Morgan fingerprint density at radius 3 is 2.50 bits per heavy atom. The van der Waals surface area contributed by atoms with Crippen molar-refractivity contribution in [3.05, 3.63) is 54.4 Å². The van der Waals surface area contributed by atoms with E-state index in [1.807, 2.05) is 32.1 Å². The van der Waals surface area contributed by atoms with Crippen molar-refractivity contribution in [3.63, 3.8) is 0 Å². The molecule has 3 aliphatic heterocycles. The second-order valence-corrected chi connectivity index (χ2v) is 48.7. The number of piperidine rings is 1. The first-order chi connectivity index (χ1) is 23.7. The van der Waals surface area contributed by atoms with E-state index in [-0.39, 0.29) is 48.5 Å². The second kappa shape index (κ2) is 21.7. The number of pyridine rings is 1. The predicted octanol–water partition coefficient (Wildman–Crippen LogP) is 7.54. The maximum absolute atomic E-state index is 13.8. The summed E-state index contributed by atoms with van der Waals surface area (Å²) in [6, 6.07) is 2.91. The summed E-state index contributed by atoms with van der Waals surface area (Å²) in [4.78, 5) is 72.4. The Kier molecular flexibility index (Phi) is 18.9. The Balaban J connectivity index is 0.00000160. The van der Waals surface area contributed by atoms with Crippen LogP contribution in [0.15, 0.2) is 48.8 Å². The molecule has 276 valence electrons. The molecule has 14 heteroatoms. The number of hydrogen-bond donors (Lipinski definition) is 0. The van der Waals surface area contributed by atoms with Gasteiger partial charge in [-0.1, -0.05) is 30.7 Å². The minimum atomic E-state index is -1.50. The van der Waals surface area contributed by atoms with Crippen LogP contribution < -0.4 is 0 Å². The molecule has 1 aromatic rings. The van der Waals surface area contributed by atoms with E-state index in [1.165, 1.54) is 11.8 Å². The zero-order valence-electron chi connectivity index (χ0n) is 29.0. The molecule has 1 amide bonds. The third-order valence-corrected chi connectivity index (χ3v) is 9.51. The molecule has 0 N–H and O–H groups in total. The molecule has 4 unspecified atom stereocenters. The maximum atomic E-state index is 13.8. The number of carbonyl (C=O) groups excluding carboxylic acids is 5. The number of Topliss-reactive ketones (excluding diaryl/α,β-unsaturated/α-hetero) is 2. The van der Waals surface area contributed by atoms with Crippen molar-refractivity contribution in [2.24, 2.45) is 11.8 Å². The number of esters is 2. The number of ketones is 2. The van der Waals surface area contributed by atoms with E-state index < -0.39 is 47.5 Å². The van der Waals surface area contributed by atoms with Crippen LogP contribution >= 0.6 is 59.9 Å².